The third-order valence-corrected chi connectivity index (χ3v) is 7.36. The van der Waals surface area contributed by atoms with E-state index in [1.807, 2.05) is 52.8 Å². The van der Waals surface area contributed by atoms with Crippen molar-refractivity contribution < 1.29 is 18.4 Å². The Hall–Kier alpha value is -1.69. The number of benzene rings is 1. The van der Waals surface area contributed by atoms with Crippen LogP contribution in [0.4, 0.5) is 0 Å². The largest absolute Gasteiger partial charge is 0.345 e. The summed E-state index contributed by atoms with van der Waals surface area (Å²) in [7, 11) is -3.59. The molecule has 0 aliphatic rings. The highest BCUT2D eigenvalue weighted by molar-refractivity contribution is 7.55. The lowest BCUT2D eigenvalue weighted by Crippen LogP contribution is -2.40. The first-order valence-electron chi connectivity index (χ1n) is 10.8. The van der Waals surface area contributed by atoms with E-state index in [0.29, 0.717) is 12.2 Å². The molecular weight excluding hydrogens is 401 g/mol. The van der Waals surface area contributed by atoms with Crippen LogP contribution in [0.25, 0.3) is 11.0 Å². The number of H-pyrrole nitrogens is 1. The number of aryl methyl sites for hydroxylation is 1. The van der Waals surface area contributed by atoms with Gasteiger partial charge in [-0.15, -0.1) is 0 Å². The zero-order valence-electron chi connectivity index (χ0n) is 19.2. The standard InChI is InChI=1S/C22H36N3O4P/c1-8-28-30(27,29-9-2)19(12-14(3)4)22(26)25-20(15(5)6)21-23-17-11-10-16(7)13-18(17)24-21/h10-11,13-15,19-20H,8-9,12H2,1-7H3,(H,23,24)(H,25,26)/t19?,20-/m0/s1. The molecule has 0 bridgehead atoms. The van der Waals surface area contributed by atoms with Crippen LogP contribution in [0.1, 0.15) is 65.4 Å². The number of nitrogens with one attached hydrogen (secondary N) is 2. The number of carbonyl (C=O) groups is 1. The van der Waals surface area contributed by atoms with Crippen LogP contribution < -0.4 is 5.32 Å². The van der Waals surface area contributed by atoms with Crippen molar-refractivity contribution in [2.75, 3.05) is 13.2 Å². The van der Waals surface area contributed by atoms with Gasteiger partial charge in [0, 0.05) is 0 Å². The highest BCUT2D eigenvalue weighted by Gasteiger charge is 2.42. The van der Waals surface area contributed by atoms with Gasteiger partial charge in [-0.2, -0.15) is 0 Å². The van der Waals surface area contributed by atoms with Crippen LogP contribution in [0.5, 0.6) is 0 Å². The van der Waals surface area contributed by atoms with E-state index in [9.17, 15) is 9.36 Å². The summed E-state index contributed by atoms with van der Waals surface area (Å²) in [5.74, 6) is 0.588. The van der Waals surface area contributed by atoms with E-state index in [4.69, 9.17) is 9.05 Å². The lowest BCUT2D eigenvalue weighted by Gasteiger charge is -2.29. The second-order valence-electron chi connectivity index (χ2n) is 8.39. The summed E-state index contributed by atoms with van der Waals surface area (Å²) in [4.78, 5) is 21.4. The molecular formula is C22H36N3O4P. The molecule has 0 saturated heterocycles. The summed E-state index contributed by atoms with van der Waals surface area (Å²) < 4.78 is 24.5. The Morgan fingerprint density at radius 1 is 1.17 bits per heavy atom. The molecule has 1 unspecified atom stereocenters. The van der Waals surface area contributed by atoms with Gasteiger partial charge < -0.3 is 19.3 Å². The van der Waals surface area contributed by atoms with Gasteiger partial charge in [-0.25, -0.2) is 4.98 Å². The number of carbonyl (C=O) groups excluding carboxylic acids is 1. The van der Waals surface area contributed by atoms with Crippen LogP contribution in [-0.4, -0.2) is 34.7 Å². The van der Waals surface area contributed by atoms with Crippen molar-refractivity contribution >= 4 is 24.5 Å². The molecule has 2 aromatic rings. The van der Waals surface area contributed by atoms with Gasteiger partial charge in [0.15, 0.2) is 0 Å². The molecule has 30 heavy (non-hydrogen) atoms. The van der Waals surface area contributed by atoms with Crippen LogP contribution in [0.15, 0.2) is 18.2 Å². The Balaban J connectivity index is 2.36. The molecule has 1 amide bonds. The van der Waals surface area contributed by atoms with Gasteiger partial charge in [0.25, 0.3) is 0 Å². The molecule has 2 atom stereocenters. The fraction of sp³-hybridized carbons (Fsp3) is 0.636. The van der Waals surface area contributed by atoms with Gasteiger partial charge in [-0.1, -0.05) is 33.8 Å². The number of hydrogen-bond acceptors (Lipinski definition) is 5. The predicted octanol–water partition coefficient (Wildman–Crippen LogP) is 5.37. The van der Waals surface area contributed by atoms with Crippen molar-refractivity contribution in [2.24, 2.45) is 11.8 Å². The quantitative estimate of drug-likeness (QED) is 0.461. The predicted molar refractivity (Wildman–Crippen MR) is 121 cm³/mol. The zero-order chi connectivity index (χ0) is 22.5. The Morgan fingerprint density at radius 2 is 1.80 bits per heavy atom. The highest BCUT2D eigenvalue weighted by atomic mass is 31.2. The molecule has 0 aliphatic carbocycles. The molecule has 1 aromatic heterocycles. The second-order valence-corrected chi connectivity index (χ2v) is 10.6. The second kappa shape index (κ2) is 10.6. The van der Waals surface area contributed by atoms with Crippen LogP contribution >= 0.6 is 7.60 Å². The summed E-state index contributed by atoms with van der Waals surface area (Å²) in [5.41, 5.74) is 2.04. The summed E-state index contributed by atoms with van der Waals surface area (Å²) >= 11 is 0. The molecule has 0 aliphatic heterocycles. The lowest BCUT2D eigenvalue weighted by molar-refractivity contribution is -0.122. The minimum absolute atomic E-state index is 0.0777. The van der Waals surface area contributed by atoms with Crippen LogP contribution in [0.3, 0.4) is 0 Å². The molecule has 0 radical (unpaired) electrons. The number of fused-ring (bicyclic) bond motifs is 1. The fourth-order valence-electron chi connectivity index (χ4n) is 3.49. The SMILES string of the molecule is CCOP(=O)(OCC)C(CC(C)C)C(=O)N[C@H](c1nc2ccc(C)cc2[nH]1)C(C)C. The minimum Gasteiger partial charge on any atom is -0.345 e. The van der Waals surface area contributed by atoms with E-state index >= 15 is 0 Å². The van der Waals surface area contributed by atoms with E-state index < -0.39 is 13.3 Å². The first-order valence-corrected chi connectivity index (χ1v) is 12.4. The van der Waals surface area contributed by atoms with Gasteiger partial charge in [-0.3, -0.25) is 9.36 Å². The van der Waals surface area contributed by atoms with E-state index in [1.165, 1.54) is 0 Å². The number of imidazole rings is 1. The maximum atomic E-state index is 13.4. The number of aromatic nitrogens is 2. The maximum absolute atomic E-state index is 13.4. The summed E-state index contributed by atoms with van der Waals surface area (Å²) in [6, 6.07) is 5.65. The Bertz CT molecular complexity index is 884. The molecule has 0 saturated carbocycles. The monoisotopic (exact) mass is 437 g/mol. The molecule has 0 fully saturated rings. The van der Waals surface area contributed by atoms with E-state index in [0.717, 1.165) is 16.6 Å². The van der Waals surface area contributed by atoms with Gasteiger partial charge in [0.2, 0.25) is 5.91 Å². The van der Waals surface area contributed by atoms with Gasteiger partial charge in [-0.05, 0) is 56.7 Å². The van der Waals surface area contributed by atoms with E-state index in [1.54, 1.807) is 13.8 Å². The Labute approximate surface area is 179 Å². The van der Waals surface area contributed by atoms with Crippen LogP contribution in [-0.2, 0) is 18.4 Å². The van der Waals surface area contributed by atoms with E-state index in [2.05, 4.69) is 15.3 Å². The zero-order valence-corrected chi connectivity index (χ0v) is 20.1. The number of hydrogen-bond donors (Lipinski definition) is 2. The Kier molecular flexibility index (Phi) is 8.65. The Morgan fingerprint density at radius 3 is 2.33 bits per heavy atom. The summed E-state index contributed by atoms with van der Waals surface area (Å²) in [6.45, 7) is 14.0. The van der Waals surface area contributed by atoms with Crippen molar-refractivity contribution in [3.8, 4) is 0 Å². The van der Waals surface area contributed by atoms with Crippen molar-refractivity contribution in [1.29, 1.82) is 0 Å². The average molecular weight is 438 g/mol. The topological polar surface area (TPSA) is 93.3 Å². The van der Waals surface area contributed by atoms with Crippen molar-refractivity contribution in [3.63, 3.8) is 0 Å². The summed E-state index contributed by atoms with van der Waals surface area (Å²) in [5, 5.41) is 3.07. The van der Waals surface area contributed by atoms with Gasteiger partial charge in [0.1, 0.15) is 11.5 Å². The third-order valence-electron chi connectivity index (χ3n) is 4.91. The molecule has 8 heteroatoms. The normalized spacial score (nSPS) is 14.4. The van der Waals surface area contributed by atoms with Gasteiger partial charge in [0.05, 0.1) is 30.3 Å². The molecule has 7 nitrogen and oxygen atoms in total. The minimum atomic E-state index is -3.59. The molecule has 2 N–H and O–H groups in total. The number of amides is 1. The van der Waals surface area contributed by atoms with Gasteiger partial charge >= 0.3 is 7.60 Å². The molecule has 168 valence electrons. The first kappa shape index (κ1) is 24.6. The van der Waals surface area contributed by atoms with E-state index in [-0.39, 0.29) is 37.0 Å². The summed E-state index contributed by atoms with van der Waals surface area (Å²) in [6.07, 6.45) is 0.410. The third kappa shape index (κ3) is 5.93. The average Bonchev–Trinajstić information content (AvgIpc) is 3.06. The first-order chi connectivity index (χ1) is 14.1. The van der Waals surface area contributed by atoms with Crippen molar-refractivity contribution in [2.45, 2.75) is 66.6 Å². The van der Waals surface area contributed by atoms with Crippen molar-refractivity contribution in [1.82, 2.24) is 15.3 Å². The van der Waals surface area contributed by atoms with Crippen LogP contribution in [0, 0.1) is 18.8 Å². The lowest BCUT2D eigenvalue weighted by atomic mass is 10.0. The van der Waals surface area contributed by atoms with Crippen molar-refractivity contribution in [3.05, 3.63) is 29.6 Å². The molecule has 2 rings (SSSR count). The number of aromatic amines is 1. The highest BCUT2D eigenvalue weighted by Crippen LogP contribution is 2.55. The smallest absolute Gasteiger partial charge is 0.343 e. The molecule has 1 heterocycles. The number of nitrogens with zero attached hydrogens (tertiary/aromatic N) is 1. The maximum Gasteiger partial charge on any atom is 0.343 e. The molecule has 0 spiro atoms. The van der Waals surface area contributed by atoms with Crippen LogP contribution in [0.2, 0.25) is 0 Å². The number of rotatable bonds is 11. The fourth-order valence-corrected chi connectivity index (χ4v) is 5.69. The molecule has 1 aromatic carbocycles.